The van der Waals surface area contributed by atoms with Crippen LogP contribution in [0, 0.1) is 0 Å². The lowest BCUT2D eigenvalue weighted by Crippen LogP contribution is -2.42. The van der Waals surface area contributed by atoms with Gasteiger partial charge in [0.05, 0.1) is 13.2 Å². The van der Waals surface area contributed by atoms with E-state index in [1.54, 1.807) is 0 Å². The summed E-state index contributed by atoms with van der Waals surface area (Å²) in [7, 11) is 0. The highest BCUT2D eigenvalue weighted by atomic mass is 16.7. The van der Waals surface area contributed by atoms with Crippen LogP contribution in [0.25, 0.3) is 0 Å². The van der Waals surface area contributed by atoms with Gasteiger partial charge in [0.2, 0.25) is 5.91 Å². The van der Waals surface area contributed by atoms with E-state index >= 15 is 0 Å². The predicted molar refractivity (Wildman–Crippen MR) is 53.5 cm³/mol. The molecule has 0 bridgehead atoms. The molecule has 7 heteroatoms. The highest BCUT2D eigenvalue weighted by Crippen LogP contribution is 2.09. The molecule has 1 rings (SSSR count). The third-order valence-corrected chi connectivity index (χ3v) is 2.13. The number of hydrogen-bond acceptors (Lipinski definition) is 5. The van der Waals surface area contributed by atoms with Crippen LogP contribution in [0.5, 0.6) is 0 Å². The fourth-order valence-electron chi connectivity index (χ4n) is 1.22. The maximum Gasteiger partial charge on any atom is 0.322 e. The zero-order valence-corrected chi connectivity index (χ0v) is 8.85. The monoisotopic (exact) mass is 232 g/mol. The summed E-state index contributed by atoms with van der Waals surface area (Å²) >= 11 is 0. The van der Waals surface area contributed by atoms with Gasteiger partial charge in [-0.1, -0.05) is 0 Å². The van der Waals surface area contributed by atoms with Gasteiger partial charge in [-0.05, 0) is 0 Å². The van der Waals surface area contributed by atoms with Crippen LogP contribution < -0.4 is 11.1 Å². The summed E-state index contributed by atoms with van der Waals surface area (Å²) in [4.78, 5) is 21.6. The summed E-state index contributed by atoms with van der Waals surface area (Å²) < 4.78 is 10.3. The Hall–Kier alpha value is -1.18. The number of aliphatic carboxylic acids is 1. The van der Waals surface area contributed by atoms with Crippen LogP contribution in [0.3, 0.4) is 0 Å². The van der Waals surface area contributed by atoms with Crippen molar-refractivity contribution >= 4 is 11.9 Å². The number of carbonyl (C=O) groups excluding carboxylic acids is 1. The number of nitrogens with one attached hydrogen (secondary N) is 1. The minimum atomic E-state index is -1.14. The molecule has 0 aromatic rings. The molecule has 0 aromatic carbocycles. The Morgan fingerprint density at radius 2 is 2.06 bits per heavy atom. The maximum absolute atomic E-state index is 11.3. The van der Waals surface area contributed by atoms with Crippen LogP contribution >= 0.6 is 0 Å². The predicted octanol–water partition coefficient (Wildman–Crippen LogP) is -1.33. The lowest BCUT2D eigenvalue weighted by molar-refractivity contribution is -0.138. The fourth-order valence-corrected chi connectivity index (χ4v) is 1.22. The highest BCUT2D eigenvalue weighted by molar-refractivity contribution is 5.78. The van der Waals surface area contributed by atoms with E-state index in [-0.39, 0.29) is 25.2 Å². The molecule has 7 nitrogen and oxygen atoms in total. The molecule has 1 unspecified atom stereocenters. The first-order valence-electron chi connectivity index (χ1n) is 5.08. The first-order chi connectivity index (χ1) is 7.59. The summed E-state index contributed by atoms with van der Waals surface area (Å²) in [6.45, 7) is 1.03. The minimum Gasteiger partial charge on any atom is -0.480 e. The van der Waals surface area contributed by atoms with Crippen LogP contribution in [-0.4, -0.2) is 49.1 Å². The van der Waals surface area contributed by atoms with Crippen molar-refractivity contribution in [3.63, 3.8) is 0 Å². The Kier molecular flexibility index (Phi) is 5.17. The molecule has 0 aliphatic carbocycles. The molecule has 1 fully saturated rings. The van der Waals surface area contributed by atoms with Crippen molar-refractivity contribution in [2.45, 2.75) is 25.2 Å². The molecule has 0 radical (unpaired) electrons. The Morgan fingerprint density at radius 1 is 1.44 bits per heavy atom. The SMILES string of the molecule is NC(CNC(=O)CCC1OCCO1)C(=O)O. The normalized spacial score (nSPS) is 18.3. The fraction of sp³-hybridized carbons (Fsp3) is 0.778. The summed E-state index contributed by atoms with van der Waals surface area (Å²) in [5.41, 5.74) is 5.22. The third kappa shape index (κ3) is 4.56. The summed E-state index contributed by atoms with van der Waals surface area (Å²) in [5.74, 6) is -1.39. The topological polar surface area (TPSA) is 111 Å². The number of amides is 1. The van der Waals surface area contributed by atoms with E-state index in [0.29, 0.717) is 19.6 Å². The van der Waals surface area contributed by atoms with Crippen molar-refractivity contribution in [3.8, 4) is 0 Å². The molecule has 1 atom stereocenters. The molecule has 1 aliphatic rings. The first-order valence-corrected chi connectivity index (χ1v) is 5.08. The quantitative estimate of drug-likeness (QED) is 0.523. The largest absolute Gasteiger partial charge is 0.480 e. The number of carboxylic acid groups (broad SMARTS) is 1. The Labute approximate surface area is 92.9 Å². The second-order valence-electron chi connectivity index (χ2n) is 3.46. The van der Waals surface area contributed by atoms with Gasteiger partial charge in [0, 0.05) is 19.4 Å². The molecule has 1 heterocycles. The molecule has 0 spiro atoms. The molecule has 1 aliphatic heterocycles. The Bertz CT molecular complexity index is 252. The number of rotatable bonds is 6. The van der Waals surface area contributed by atoms with Crippen LogP contribution in [-0.2, 0) is 19.1 Å². The molecule has 4 N–H and O–H groups in total. The van der Waals surface area contributed by atoms with Gasteiger partial charge in [0.15, 0.2) is 6.29 Å². The van der Waals surface area contributed by atoms with Crippen LogP contribution in [0.4, 0.5) is 0 Å². The van der Waals surface area contributed by atoms with Crippen molar-refractivity contribution in [3.05, 3.63) is 0 Å². The van der Waals surface area contributed by atoms with Crippen LogP contribution in [0.15, 0.2) is 0 Å². The maximum atomic E-state index is 11.3. The number of carboxylic acids is 1. The summed E-state index contributed by atoms with van der Waals surface area (Å²) in [6, 6.07) is -1.07. The van der Waals surface area contributed by atoms with Gasteiger partial charge >= 0.3 is 5.97 Å². The van der Waals surface area contributed by atoms with E-state index in [0.717, 1.165) is 0 Å². The number of nitrogens with two attached hydrogens (primary N) is 1. The smallest absolute Gasteiger partial charge is 0.322 e. The molecule has 16 heavy (non-hydrogen) atoms. The van der Waals surface area contributed by atoms with Crippen molar-refractivity contribution in [1.82, 2.24) is 5.32 Å². The number of carbonyl (C=O) groups is 2. The van der Waals surface area contributed by atoms with E-state index in [2.05, 4.69) is 5.32 Å². The molecule has 1 amide bonds. The van der Waals surface area contributed by atoms with Crippen molar-refractivity contribution in [1.29, 1.82) is 0 Å². The molecular weight excluding hydrogens is 216 g/mol. The zero-order chi connectivity index (χ0) is 12.0. The molecule has 1 saturated heterocycles. The second kappa shape index (κ2) is 6.41. The lowest BCUT2D eigenvalue weighted by Gasteiger charge is -2.10. The van der Waals surface area contributed by atoms with E-state index in [9.17, 15) is 9.59 Å². The lowest BCUT2D eigenvalue weighted by atomic mass is 10.2. The van der Waals surface area contributed by atoms with E-state index in [1.165, 1.54) is 0 Å². The molecule has 0 saturated carbocycles. The summed E-state index contributed by atoms with van der Waals surface area (Å²) in [5, 5.41) is 10.9. The standard InChI is InChI=1S/C9H16N2O5/c10-6(9(13)14)5-11-7(12)1-2-8-15-3-4-16-8/h6,8H,1-5,10H2,(H,11,12)(H,13,14). The number of hydrogen-bond donors (Lipinski definition) is 3. The van der Waals surface area contributed by atoms with E-state index < -0.39 is 12.0 Å². The van der Waals surface area contributed by atoms with Crippen LogP contribution in [0.2, 0.25) is 0 Å². The van der Waals surface area contributed by atoms with Crippen molar-refractivity contribution in [2.75, 3.05) is 19.8 Å². The van der Waals surface area contributed by atoms with Gasteiger partial charge in [-0.15, -0.1) is 0 Å². The first kappa shape index (κ1) is 12.9. The van der Waals surface area contributed by atoms with Crippen LogP contribution in [0.1, 0.15) is 12.8 Å². The van der Waals surface area contributed by atoms with Crippen molar-refractivity contribution < 1.29 is 24.2 Å². The number of ether oxygens (including phenoxy) is 2. The zero-order valence-electron chi connectivity index (χ0n) is 8.85. The Morgan fingerprint density at radius 3 is 2.62 bits per heavy atom. The van der Waals surface area contributed by atoms with Gasteiger partial charge in [-0.2, -0.15) is 0 Å². The van der Waals surface area contributed by atoms with Gasteiger partial charge < -0.3 is 25.6 Å². The van der Waals surface area contributed by atoms with Gasteiger partial charge in [0.1, 0.15) is 6.04 Å². The highest BCUT2D eigenvalue weighted by Gasteiger charge is 2.18. The van der Waals surface area contributed by atoms with Gasteiger partial charge in [0.25, 0.3) is 0 Å². The molecule has 92 valence electrons. The van der Waals surface area contributed by atoms with E-state index in [1.807, 2.05) is 0 Å². The average Bonchev–Trinajstić information content (AvgIpc) is 2.75. The third-order valence-electron chi connectivity index (χ3n) is 2.13. The Balaban J connectivity index is 2.08. The van der Waals surface area contributed by atoms with Gasteiger partial charge in [-0.3, -0.25) is 9.59 Å². The average molecular weight is 232 g/mol. The van der Waals surface area contributed by atoms with Crippen molar-refractivity contribution in [2.24, 2.45) is 5.73 Å². The minimum absolute atomic E-state index is 0.0689. The van der Waals surface area contributed by atoms with E-state index in [4.69, 9.17) is 20.3 Å². The van der Waals surface area contributed by atoms with Gasteiger partial charge in [-0.25, -0.2) is 0 Å². The molecule has 0 aromatic heterocycles. The summed E-state index contributed by atoms with van der Waals surface area (Å²) in [6.07, 6.45) is 0.379. The second-order valence-corrected chi connectivity index (χ2v) is 3.46. The molecular formula is C9H16N2O5.